The number of hydrogen-bond donors (Lipinski definition) is 2. The molecule has 4 nitrogen and oxygen atoms in total. The van der Waals surface area contributed by atoms with E-state index in [0.29, 0.717) is 6.42 Å². The van der Waals surface area contributed by atoms with Crippen LogP contribution >= 0.6 is 0 Å². The monoisotopic (exact) mass is 131 g/mol. The van der Waals surface area contributed by atoms with Gasteiger partial charge >= 0.3 is 5.97 Å². The Labute approximate surface area is 52.7 Å². The van der Waals surface area contributed by atoms with Crippen molar-refractivity contribution in [1.82, 2.24) is 0 Å². The normalized spacial score (nSPS) is 8.89. The predicted octanol–water partition coefficient (Wildman–Crippen LogP) is -0.273. The van der Waals surface area contributed by atoms with Gasteiger partial charge < -0.3 is 10.8 Å². The topological polar surface area (TPSA) is 80.4 Å². The highest BCUT2D eigenvalue weighted by Gasteiger charge is 1.98. The van der Waals surface area contributed by atoms with Crippen LogP contribution in [-0.4, -0.2) is 17.0 Å². The largest absolute Gasteiger partial charge is 0.481 e. The van der Waals surface area contributed by atoms with Crippen molar-refractivity contribution in [2.45, 2.75) is 19.3 Å². The second-order valence-corrected chi connectivity index (χ2v) is 1.71. The fraction of sp³-hybridized carbons (Fsp3) is 0.600. The number of carbonyl (C=O) groups excluding carboxylic acids is 1. The zero-order valence-corrected chi connectivity index (χ0v) is 4.96. The number of hydrogen-bond acceptors (Lipinski definition) is 2. The minimum atomic E-state index is -0.892. The Morgan fingerprint density at radius 2 is 1.89 bits per heavy atom. The van der Waals surface area contributed by atoms with Crippen molar-refractivity contribution in [1.29, 1.82) is 0 Å². The fourth-order valence-electron chi connectivity index (χ4n) is 0.414. The Morgan fingerprint density at radius 3 is 2.22 bits per heavy atom. The second-order valence-electron chi connectivity index (χ2n) is 1.71. The number of aliphatic carboxylic acids is 1. The highest BCUT2D eigenvalue weighted by atomic mass is 16.4. The van der Waals surface area contributed by atoms with Gasteiger partial charge in [-0.25, -0.2) is 0 Å². The highest BCUT2D eigenvalue weighted by Crippen LogP contribution is 1.92. The molecule has 0 unspecified atom stereocenters. The van der Waals surface area contributed by atoms with Gasteiger partial charge in [0.05, 0.1) is 0 Å². The summed E-state index contributed by atoms with van der Waals surface area (Å²) in [7, 11) is 0. The van der Waals surface area contributed by atoms with E-state index < -0.39 is 11.9 Å². The number of carbonyl (C=O) groups is 2. The van der Waals surface area contributed by atoms with Crippen LogP contribution < -0.4 is 5.73 Å². The van der Waals surface area contributed by atoms with Crippen molar-refractivity contribution in [3.63, 3.8) is 0 Å². The van der Waals surface area contributed by atoms with Crippen LogP contribution in [0.4, 0.5) is 0 Å². The predicted molar refractivity (Wildman–Crippen MR) is 30.7 cm³/mol. The first-order valence-electron chi connectivity index (χ1n) is 2.63. The molecule has 0 aliphatic carbocycles. The van der Waals surface area contributed by atoms with Gasteiger partial charge in [0.25, 0.3) is 0 Å². The molecule has 0 aliphatic rings. The number of primary amides is 1. The third-order valence-corrected chi connectivity index (χ3v) is 0.814. The van der Waals surface area contributed by atoms with Gasteiger partial charge in [0.15, 0.2) is 0 Å². The first-order chi connectivity index (χ1) is 4.13. The van der Waals surface area contributed by atoms with E-state index in [1.165, 1.54) is 0 Å². The van der Waals surface area contributed by atoms with Gasteiger partial charge in [-0.3, -0.25) is 9.59 Å². The summed E-state index contributed by atoms with van der Waals surface area (Å²) in [6.07, 6.45) is 0.514. The first-order valence-corrected chi connectivity index (χ1v) is 2.63. The Kier molecular flexibility index (Phi) is 3.43. The maximum absolute atomic E-state index is 10.0. The Morgan fingerprint density at radius 1 is 1.33 bits per heavy atom. The van der Waals surface area contributed by atoms with Crippen LogP contribution in [-0.2, 0) is 9.59 Å². The van der Waals surface area contributed by atoms with Crippen LogP contribution in [0.1, 0.15) is 19.3 Å². The van der Waals surface area contributed by atoms with Crippen molar-refractivity contribution in [2.75, 3.05) is 0 Å². The molecule has 0 saturated heterocycles. The molecule has 0 atom stereocenters. The van der Waals surface area contributed by atoms with Gasteiger partial charge in [0, 0.05) is 12.8 Å². The maximum atomic E-state index is 10.0. The van der Waals surface area contributed by atoms with Crippen molar-refractivity contribution >= 4 is 11.9 Å². The minimum Gasteiger partial charge on any atom is -0.481 e. The lowest BCUT2D eigenvalue weighted by molar-refractivity contribution is -0.137. The van der Waals surface area contributed by atoms with Crippen LogP contribution in [0, 0.1) is 0 Å². The van der Waals surface area contributed by atoms with Gasteiger partial charge in [-0.15, -0.1) is 0 Å². The summed E-state index contributed by atoms with van der Waals surface area (Å²) in [6, 6.07) is 0. The minimum absolute atomic E-state index is 0.0168. The second kappa shape index (κ2) is 3.88. The summed E-state index contributed by atoms with van der Waals surface area (Å²) in [5, 5.41) is 8.07. The lowest BCUT2D eigenvalue weighted by atomic mass is 10.2. The van der Waals surface area contributed by atoms with E-state index in [2.05, 4.69) is 0 Å². The molecule has 0 radical (unpaired) electrons. The number of carboxylic acids is 1. The quantitative estimate of drug-likeness (QED) is 0.551. The van der Waals surface area contributed by atoms with E-state index in [9.17, 15) is 9.59 Å². The van der Waals surface area contributed by atoms with Gasteiger partial charge in [-0.1, -0.05) is 0 Å². The van der Waals surface area contributed by atoms with E-state index in [-0.39, 0.29) is 12.8 Å². The molecule has 0 aliphatic heterocycles. The van der Waals surface area contributed by atoms with E-state index in [1.807, 2.05) is 0 Å². The van der Waals surface area contributed by atoms with Gasteiger partial charge in [-0.2, -0.15) is 0 Å². The van der Waals surface area contributed by atoms with Gasteiger partial charge in [0.1, 0.15) is 0 Å². The molecule has 0 aromatic rings. The van der Waals surface area contributed by atoms with Crippen molar-refractivity contribution in [2.24, 2.45) is 5.73 Å². The maximum Gasteiger partial charge on any atom is 0.303 e. The summed E-state index contributed by atoms with van der Waals surface area (Å²) in [6.45, 7) is 0. The Balaban J connectivity index is 3.10. The molecule has 0 rings (SSSR count). The van der Waals surface area contributed by atoms with E-state index >= 15 is 0 Å². The number of nitrogens with two attached hydrogens (primary N) is 1. The average Bonchev–Trinajstić information content (AvgIpc) is 1.63. The summed E-state index contributed by atoms with van der Waals surface area (Å²) in [4.78, 5) is 19.8. The first kappa shape index (κ1) is 7.94. The smallest absolute Gasteiger partial charge is 0.303 e. The van der Waals surface area contributed by atoms with Crippen LogP contribution in [0.2, 0.25) is 0 Å². The van der Waals surface area contributed by atoms with Crippen molar-refractivity contribution in [3.05, 3.63) is 0 Å². The van der Waals surface area contributed by atoms with Crippen LogP contribution in [0.15, 0.2) is 0 Å². The molecule has 0 heterocycles. The lowest BCUT2D eigenvalue weighted by Gasteiger charge is -1.89. The Hall–Kier alpha value is -1.06. The molecule has 1 amide bonds. The molecule has 4 heteroatoms. The van der Waals surface area contributed by atoms with E-state index in [0.717, 1.165) is 0 Å². The molecule has 0 spiro atoms. The molecule has 0 aromatic carbocycles. The van der Waals surface area contributed by atoms with Gasteiger partial charge in [0.2, 0.25) is 5.91 Å². The zero-order chi connectivity index (χ0) is 7.28. The SMILES string of the molecule is NC(=O)CCCC(=O)O. The molecule has 0 bridgehead atoms. The summed E-state index contributed by atoms with van der Waals surface area (Å²) >= 11 is 0. The van der Waals surface area contributed by atoms with Crippen LogP contribution in [0.3, 0.4) is 0 Å². The standard InChI is InChI=1S/C5H9NO3/c6-4(7)2-1-3-5(8)9/h1-3H2,(H2,6,7)(H,8,9). The molecule has 0 aromatic heterocycles. The molecular formula is C5H9NO3. The molecule has 0 fully saturated rings. The Bertz CT molecular complexity index is 107. The van der Waals surface area contributed by atoms with E-state index in [4.69, 9.17) is 10.8 Å². The van der Waals surface area contributed by atoms with Crippen LogP contribution in [0.25, 0.3) is 0 Å². The highest BCUT2D eigenvalue weighted by molar-refractivity contribution is 5.74. The zero-order valence-electron chi connectivity index (χ0n) is 4.96. The third kappa shape index (κ3) is 6.94. The van der Waals surface area contributed by atoms with Crippen molar-refractivity contribution in [3.8, 4) is 0 Å². The van der Waals surface area contributed by atoms with Gasteiger partial charge in [-0.05, 0) is 6.42 Å². The molecule has 0 saturated carbocycles. The van der Waals surface area contributed by atoms with Crippen LogP contribution in [0.5, 0.6) is 0 Å². The average molecular weight is 131 g/mol. The summed E-state index contributed by atoms with van der Waals surface area (Å²) in [5.74, 6) is -1.34. The number of amides is 1. The molecule has 52 valence electrons. The number of rotatable bonds is 4. The summed E-state index contributed by atoms with van der Waals surface area (Å²) in [5.41, 5.74) is 4.75. The molecule has 9 heavy (non-hydrogen) atoms. The fourth-order valence-corrected chi connectivity index (χ4v) is 0.414. The lowest BCUT2D eigenvalue weighted by Crippen LogP contribution is -2.10. The van der Waals surface area contributed by atoms with E-state index in [1.54, 1.807) is 0 Å². The summed E-state index contributed by atoms with van der Waals surface area (Å²) < 4.78 is 0. The third-order valence-electron chi connectivity index (χ3n) is 0.814. The molecular weight excluding hydrogens is 122 g/mol. The number of carboxylic acid groups (broad SMARTS) is 1. The molecule has 3 N–H and O–H groups in total. The van der Waals surface area contributed by atoms with Crippen molar-refractivity contribution < 1.29 is 14.7 Å².